The summed E-state index contributed by atoms with van der Waals surface area (Å²) in [5.74, 6) is 1.51. The molecule has 0 spiro atoms. The van der Waals surface area contributed by atoms with Crippen LogP contribution < -0.4 is 14.8 Å². The van der Waals surface area contributed by atoms with Gasteiger partial charge in [0.2, 0.25) is 5.91 Å². The molecule has 0 fully saturated rings. The van der Waals surface area contributed by atoms with E-state index >= 15 is 0 Å². The monoisotopic (exact) mass is 377 g/mol. The first kappa shape index (κ1) is 20.2. The van der Waals surface area contributed by atoms with E-state index in [1.807, 2.05) is 56.8 Å². The highest BCUT2D eigenvalue weighted by Crippen LogP contribution is 2.28. The summed E-state index contributed by atoms with van der Waals surface area (Å²) in [6.45, 7) is 7.54. The van der Waals surface area contributed by atoms with Crippen LogP contribution in [0.1, 0.15) is 26.3 Å². The molecule has 0 aliphatic rings. The molecule has 1 atom stereocenters. The maximum absolute atomic E-state index is 12.3. The zero-order valence-corrected chi connectivity index (χ0v) is 16.6. The summed E-state index contributed by atoms with van der Waals surface area (Å²) in [6, 6.07) is 5.91. The minimum absolute atomic E-state index is 0.00830. The molecule has 0 saturated heterocycles. The molecule has 1 aromatic heterocycles. The molecule has 1 unspecified atom stereocenters. The Balaban J connectivity index is 1.85. The van der Waals surface area contributed by atoms with Gasteiger partial charge in [0.05, 0.1) is 18.5 Å². The van der Waals surface area contributed by atoms with Crippen LogP contribution in [0.5, 0.6) is 11.5 Å². The third kappa shape index (κ3) is 5.69. The fourth-order valence-corrected chi connectivity index (χ4v) is 3.26. The maximum Gasteiger partial charge on any atom is 0.233 e. The molecular weight excluding hydrogens is 350 g/mol. The first-order valence-corrected chi connectivity index (χ1v) is 9.73. The van der Waals surface area contributed by atoms with Crippen molar-refractivity contribution in [1.29, 1.82) is 0 Å². The summed E-state index contributed by atoms with van der Waals surface area (Å²) in [5, 5.41) is 3.62. The number of aromatic nitrogens is 2. The van der Waals surface area contributed by atoms with Gasteiger partial charge in [0.1, 0.15) is 0 Å². The lowest BCUT2D eigenvalue weighted by Crippen LogP contribution is -2.32. The maximum atomic E-state index is 12.3. The Hall–Kier alpha value is -2.15. The van der Waals surface area contributed by atoms with E-state index in [1.165, 1.54) is 11.8 Å². The largest absolute Gasteiger partial charge is 0.490 e. The highest BCUT2D eigenvalue weighted by molar-refractivity contribution is 8.00. The molecule has 1 heterocycles. The predicted molar refractivity (Wildman–Crippen MR) is 104 cm³/mol. The van der Waals surface area contributed by atoms with Gasteiger partial charge in [-0.1, -0.05) is 17.8 Å². The Morgan fingerprint density at radius 3 is 2.65 bits per heavy atom. The van der Waals surface area contributed by atoms with Crippen molar-refractivity contribution in [2.75, 3.05) is 19.8 Å². The number of carbonyl (C=O) groups is 1. The van der Waals surface area contributed by atoms with Gasteiger partial charge in [-0.2, -0.15) is 0 Å². The van der Waals surface area contributed by atoms with Crippen molar-refractivity contribution < 1.29 is 14.3 Å². The van der Waals surface area contributed by atoms with Crippen molar-refractivity contribution in [3.63, 3.8) is 0 Å². The molecule has 26 heavy (non-hydrogen) atoms. The molecule has 0 radical (unpaired) electrons. The van der Waals surface area contributed by atoms with E-state index < -0.39 is 0 Å². The van der Waals surface area contributed by atoms with Crippen LogP contribution in [0, 0.1) is 0 Å². The van der Waals surface area contributed by atoms with Crippen LogP contribution in [0.15, 0.2) is 35.7 Å². The number of ether oxygens (including phenoxy) is 2. The van der Waals surface area contributed by atoms with E-state index in [2.05, 4.69) is 10.3 Å². The molecular formula is C19H27N3O3S. The zero-order chi connectivity index (χ0) is 18.9. The Morgan fingerprint density at radius 2 is 2.00 bits per heavy atom. The lowest BCUT2D eigenvalue weighted by atomic mass is 10.1. The van der Waals surface area contributed by atoms with Gasteiger partial charge in [0.15, 0.2) is 16.7 Å². The Labute approximate surface area is 159 Å². The molecule has 142 valence electrons. The first-order chi connectivity index (χ1) is 12.5. The molecule has 2 aromatic rings. The summed E-state index contributed by atoms with van der Waals surface area (Å²) in [5.41, 5.74) is 1.10. The second kappa shape index (κ2) is 10.1. The molecule has 0 saturated carbocycles. The molecule has 6 nitrogen and oxygen atoms in total. The van der Waals surface area contributed by atoms with Gasteiger partial charge >= 0.3 is 0 Å². The van der Waals surface area contributed by atoms with Gasteiger partial charge in [-0.3, -0.25) is 4.79 Å². The number of aryl methyl sites for hydroxylation is 1. The first-order valence-electron chi connectivity index (χ1n) is 8.85. The Kier molecular flexibility index (Phi) is 7.84. The van der Waals surface area contributed by atoms with Gasteiger partial charge < -0.3 is 19.4 Å². The predicted octanol–water partition coefficient (Wildman–Crippen LogP) is 3.06. The van der Waals surface area contributed by atoms with Crippen LogP contribution in [0.3, 0.4) is 0 Å². The highest BCUT2D eigenvalue weighted by atomic mass is 32.2. The Morgan fingerprint density at radius 1 is 1.27 bits per heavy atom. The number of nitrogens with one attached hydrogen (secondary N) is 1. The van der Waals surface area contributed by atoms with Crippen molar-refractivity contribution in [3.05, 3.63) is 36.2 Å². The van der Waals surface area contributed by atoms with Gasteiger partial charge in [-0.05, 0) is 44.9 Å². The zero-order valence-electron chi connectivity index (χ0n) is 15.8. The van der Waals surface area contributed by atoms with Crippen LogP contribution in [0.2, 0.25) is 0 Å². The van der Waals surface area contributed by atoms with Gasteiger partial charge in [-0.25, -0.2) is 4.98 Å². The number of hydrogen-bond acceptors (Lipinski definition) is 5. The second-order valence-corrected chi connectivity index (χ2v) is 7.08. The van der Waals surface area contributed by atoms with E-state index in [1.54, 1.807) is 6.20 Å². The third-order valence-electron chi connectivity index (χ3n) is 3.75. The summed E-state index contributed by atoms with van der Waals surface area (Å²) < 4.78 is 13.1. The number of rotatable bonds is 10. The van der Waals surface area contributed by atoms with Crippen LogP contribution in [0.25, 0.3) is 0 Å². The number of thioether (sulfide) groups is 1. The smallest absolute Gasteiger partial charge is 0.233 e. The molecule has 2 rings (SSSR count). The number of carbonyl (C=O) groups excluding carboxylic acids is 1. The quantitative estimate of drug-likeness (QED) is 0.645. The standard InChI is InChI=1S/C19H27N3O3S/c1-5-24-16-8-7-15(13-17(16)25-6-2)9-10-20-18(23)14(3)26-19-21-11-12-22(19)4/h7-8,11-14H,5-6,9-10H2,1-4H3,(H,20,23). The molecule has 0 bridgehead atoms. The average Bonchev–Trinajstić information content (AvgIpc) is 3.02. The topological polar surface area (TPSA) is 65.4 Å². The van der Waals surface area contributed by atoms with E-state index in [9.17, 15) is 4.79 Å². The summed E-state index contributed by atoms with van der Waals surface area (Å²) in [6.07, 6.45) is 4.33. The molecule has 7 heteroatoms. The van der Waals surface area contributed by atoms with Crippen molar-refractivity contribution in [1.82, 2.24) is 14.9 Å². The van der Waals surface area contributed by atoms with Gasteiger partial charge in [0.25, 0.3) is 0 Å². The molecule has 1 amide bonds. The van der Waals surface area contributed by atoms with Gasteiger partial charge in [-0.15, -0.1) is 0 Å². The third-order valence-corrected chi connectivity index (χ3v) is 4.92. The molecule has 1 N–H and O–H groups in total. The summed E-state index contributed by atoms with van der Waals surface area (Å²) in [7, 11) is 1.92. The van der Waals surface area contributed by atoms with Crippen LogP contribution in [-0.4, -0.2) is 40.5 Å². The van der Waals surface area contributed by atoms with E-state index in [0.717, 1.165) is 28.6 Å². The van der Waals surface area contributed by atoms with Crippen molar-refractivity contribution in [3.8, 4) is 11.5 Å². The lowest BCUT2D eigenvalue weighted by molar-refractivity contribution is -0.120. The number of hydrogen-bond donors (Lipinski definition) is 1. The van der Waals surface area contributed by atoms with E-state index in [0.29, 0.717) is 19.8 Å². The minimum atomic E-state index is -0.199. The van der Waals surface area contributed by atoms with Crippen LogP contribution in [-0.2, 0) is 18.3 Å². The van der Waals surface area contributed by atoms with Gasteiger partial charge in [0, 0.05) is 26.0 Å². The summed E-state index contributed by atoms with van der Waals surface area (Å²) >= 11 is 1.45. The SMILES string of the molecule is CCOc1ccc(CCNC(=O)C(C)Sc2nccn2C)cc1OCC. The summed E-state index contributed by atoms with van der Waals surface area (Å²) in [4.78, 5) is 16.5. The molecule has 0 aliphatic carbocycles. The Bertz CT molecular complexity index is 718. The van der Waals surface area contributed by atoms with Crippen LogP contribution in [0.4, 0.5) is 0 Å². The normalized spacial score (nSPS) is 11.8. The number of nitrogens with zero attached hydrogens (tertiary/aromatic N) is 2. The average molecular weight is 378 g/mol. The van der Waals surface area contributed by atoms with Crippen molar-refractivity contribution in [2.24, 2.45) is 7.05 Å². The minimum Gasteiger partial charge on any atom is -0.490 e. The second-order valence-electron chi connectivity index (χ2n) is 5.77. The molecule has 0 aliphatic heterocycles. The molecule has 1 aromatic carbocycles. The number of amides is 1. The fraction of sp³-hybridized carbons (Fsp3) is 0.474. The number of benzene rings is 1. The van der Waals surface area contributed by atoms with Crippen molar-refractivity contribution in [2.45, 2.75) is 37.6 Å². The van der Waals surface area contributed by atoms with Crippen molar-refractivity contribution >= 4 is 17.7 Å². The number of imidazole rings is 1. The van der Waals surface area contributed by atoms with Crippen LogP contribution >= 0.6 is 11.8 Å². The van der Waals surface area contributed by atoms with E-state index in [-0.39, 0.29) is 11.2 Å². The lowest BCUT2D eigenvalue weighted by Gasteiger charge is -2.14. The van der Waals surface area contributed by atoms with E-state index in [4.69, 9.17) is 9.47 Å². The highest BCUT2D eigenvalue weighted by Gasteiger charge is 2.16. The fourth-order valence-electron chi connectivity index (χ4n) is 2.40.